The number of sulfonamides is 1. The van der Waals surface area contributed by atoms with Crippen LogP contribution in [0.15, 0.2) is 17.0 Å². The molecule has 0 spiro atoms. The molecule has 5 nitrogen and oxygen atoms in total. The molecular weight excluding hydrogens is 276 g/mol. The number of hydrogen-bond acceptors (Lipinski definition) is 4. The van der Waals surface area contributed by atoms with Gasteiger partial charge in [-0.3, -0.25) is 0 Å². The second-order valence-corrected chi connectivity index (χ2v) is 7.46. The number of rotatable bonds is 5. The largest absolute Gasteiger partial charge is 0.495 e. The Labute approximate surface area is 120 Å². The molecule has 0 aromatic heterocycles. The van der Waals surface area contributed by atoms with Gasteiger partial charge in [0.1, 0.15) is 10.6 Å². The van der Waals surface area contributed by atoms with Gasteiger partial charge in [0.15, 0.2) is 0 Å². The van der Waals surface area contributed by atoms with Crippen molar-refractivity contribution in [1.82, 2.24) is 4.31 Å². The van der Waals surface area contributed by atoms with E-state index >= 15 is 0 Å². The molecule has 0 bridgehead atoms. The van der Waals surface area contributed by atoms with Gasteiger partial charge in [-0.1, -0.05) is 6.42 Å². The first-order chi connectivity index (χ1) is 9.36. The number of ether oxygens (including phenoxy) is 1. The maximum absolute atomic E-state index is 12.6. The SMILES string of the molecule is COc1cc(C)c(N)cc1S(=O)(=O)N(C)CC1CCC1. The first kappa shape index (κ1) is 15.1. The number of aryl methyl sites for hydroxylation is 1. The van der Waals surface area contributed by atoms with Gasteiger partial charge in [0.05, 0.1) is 7.11 Å². The number of methoxy groups -OCH3 is 1. The highest BCUT2D eigenvalue weighted by Crippen LogP contribution is 2.33. The highest BCUT2D eigenvalue weighted by atomic mass is 32.2. The van der Waals surface area contributed by atoms with Gasteiger partial charge in [-0.2, -0.15) is 0 Å². The average molecular weight is 298 g/mol. The molecule has 1 aliphatic rings. The number of hydrogen-bond donors (Lipinski definition) is 1. The third-order valence-electron chi connectivity index (χ3n) is 3.98. The van der Waals surface area contributed by atoms with Crippen LogP contribution in [0.25, 0.3) is 0 Å². The Bertz CT molecular complexity index is 595. The summed E-state index contributed by atoms with van der Waals surface area (Å²) in [4.78, 5) is 0.143. The van der Waals surface area contributed by atoms with Gasteiger partial charge in [-0.05, 0) is 43.4 Å². The molecule has 1 aromatic carbocycles. The van der Waals surface area contributed by atoms with Gasteiger partial charge in [0.25, 0.3) is 0 Å². The van der Waals surface area contributed by atoms with Gasteiger partial charge in [-0.25, -0.2) is 12.7 Å². The van der Waals surface area contributed by atoms with Crippen LogP contribution in [0.2, 0.25) is 0 Å². The van der Waals surface area contributed by atoms with Crippen LogP contribution in [-0.4, -0.2) is 33.4 Å². The molecule has 0 heterocycles. The fourth-order valence-electron chi connectivity index (χ4n) is 2.34. The van der Waals surface area contributed by atoms with E-state index in [2.05, 4.69) is 0 Å². The highest BCUT2D eigenvalue weighted by Gasteiger charge is 2.29. The average Bonchev–Trinajstić information content (AvgIpc) is 2.35. The summed E-state index contributed by atoms with van der Waals surface area (Å²) in [7, 11) is -0.482. The van der Waals surface area contributed by atoms with E-state index in [1.54, 1.807) is 13.1 Å². The minimum atomic E-state index is -3.56. The molecule has 0 radical (unpaired) electrons. The lowest BCUT2D eigenvalue weighted by atomic mass is 9.86. The second-order valence-electron chi connectivity index (χ2n) is 5.44. The zero-order valence-electron chi connectivity index (χ0n) is 12.2. The molecule has 0 amide bonds. The molecule has 1 fully saturated rings. The number of anilines is 1. The lowest BCUT2D eigenvalue weighted by Crippen LogP contribution is -2.34. The third-order valence-corrected chi connectivity index (χ3v) is 5.83. The predicted octanol–water partition coefficient (Wildman–Crippen LogP) is 2.01. The normalized spacial score (nSPS) is 16.2. The molecule has 112 valence electrons. The molecule has 1 saturated carbocycles. The fourth-order valence-corrected chi connectivity index (χ4v) is 3.76. The van der Waals surface area contributed by atoms with Crippen LogP contribution in [0.3, 0.4) is 0 Å². The smallest absolute Gasteiger partial charge is 0.246 e. The van der Waals surface area contributed by atoms with Crippen molar-refractivity contribution in [2.75, 3.05) is 26.4 Å². The lowest BCUT2D eigenvalue weighted by molar-refractivity contribution is 0.262. The van der Waals surface area contributed by atoms with Crippen molar-refractivity contribution in [3.63, 3.8) is 0 Å². The number of nitrogen functional groups attached to an aromatic ring is 1. The highest BCUT2D eigenvalue weighted by molar-refractivity contribution is 7.89. The quantitative estimate of drug-likeness (QED) is 0.844. The van der Waals surface area contributed by atoms with Crippen LogP contribution in [-0.2, 0) is 10.0 Å². The zero-order valence-corrected chi connectivity index (χ0v) is 13.0. The Hall–Kier alpha value is -1.27. The topological polar surface area (TPSA) is 72.6 Å². The Morgan fingerprint density at radius 3 is 2.55 bits per heavy atom. The summed E-state index contributed by atoms with van der Waals surface area (Å²) in [6.07, 6.45) is 3.40. The van der Waals surface area contributed by atoms with Crippen molar-refractivity contribution < 1.29 is 13.2 Å². The van der Waals surface area contributed by atoms with Gasteiger partial charge in [-0.15, -0.1) is 0 Å². The molecule has 1 aromatic rings. The van der Waals surface area contributed by atoms with E-state index in [0.29, 0.717) is 23.9 Å². The summed E-state index contributed by atoms with van der Waals surface area (Å²) >= 11 is 0. The first-order valence-electron chi connectivity index (χ1n) is 6.76. The summed E-state index contributed by atoms with van der Waals surface area (Å²) in [6, 6.07) is 3.15. The van der Waals surface area contributed by atoms with Crippen molar-refractivity contribution in [3.8, 4) is 5.75 Å². The van der Waals surface area contributed by atoms with Crippen molar-refractivity contribution in [1.29, 1.82) is 0 Å². The summed E-state index contributed by atoms with van der Waals surface area (Å²) in [6.45, 7) is 2.38. The predicted molar refractivity (Wildman–Crippen MR) is 79.3 cm³/mol. The van der Waals surface area contributed by atoms with Crippen molar-refractivity contribution in [2.45, 2.75) is 31.1 Å². The van der Waals surface area contributed by atoms with Crippen molar-refractivity contribution in [2.24, 2.45) is 5.92 Å². The standard InChI is InChI=1S/C14H22N2O3S/c1-10-7-13(19-3)14(8-12(10)15)20(17,18)16(2)9-11-5-4-6-11/h7-8,11H,4-6,9,15H2,1-3H3. The number of benzene rings is 1. The Kier molecular flexibility index (Phi) is 4.25. The fraction of sp³-hybridized carbons (Fsp3) is 0.571. The van der Waals surface area contributed by atoms with Crippen LogP contribution < -0.4 is 10.5 Å². The maximum Gasteiger partial charge on any atom is 0.246 e. The summed E-state index contributed by atoms with van der Waals surface area (Å²) in [5, 5.41) is 0. The van der Waals surface area contributed by atoms with Crippen LogP contribution in [0.5, 0.6) is 5.75 Å². The van der Waals surface area contributed by atoms with Crippen LogP contribution >= 0.6 is 0 Å². The molecule has 0 aliphatic heterocycles. The first-order valence-corrected chi connectivity index (χ1v) is 8.20. The van der Waals surface area contributed by atoms with Gasteiger partial charge in [0.2, 0.25) is 10.0 Å². The molecule has 0 atom stereocenters. The van der Waals surface area contributed by atoms with Crippen molar-refractivity contribution >= 4 is 15.7 Å². The van der Waals surface area contributed by atoms with E-state index in [1.165, 1.54) is 23.9 Å². The van der Waals surface area contributed by atoms with E-state index in [1.807, 2.05) is 6.92 Å². The number of nitrogens with zero attached hydrogens (tertiary/aromatic N) is 1. The molecule has 0 saturated heterocycles. The summed E-state index contributed by atoms with van der Waals surface area (Å²) < 4.78 is 31.9. The molecule has 1 aliphatic carbocycles. The monoisotopic (exact) mass is 298 g/mol. The van der Waals surface area contributed by atoms with Gasteiger partial charge >= 0.3 is 0 Å². The van der Waals surface area contributed by atoms with E-state index in [9.17, 15) is 8.42 Å². The lowest BCUT2D eigenvalue weighted by Gasteiger charge is -2.30. The minimum Gasteiger partial charge on any atom is -0.495 e. The van der Waals surface area contributed by atoms with Crippen LogP contribution in [0.1, 0.15) is 24.8 Å². The molecule has 0 unspecified atom stereocenters. The molecule has 2 N–H and O–H groups in total. The van der Waals surface area contributed by atoms with E-state index in [4.69, 9.17) is 10.5 Å². The molecule has 20 heavy (non-hydrogen) atoms. The van der Waals surface area contributed by atoms with E-state index in [0.717, 1.165) is 18.4 Å². The maximum atomic E-state index is 12.6. The van der Waals surface area contributed by atoms with E-state index in [-0.39, 0.29) is 4.90 Å². The Morgan fingerprint density at radius 2 is 2.05 bits per heavy atom. The molecule has 6 heteroatoms. The van der Waals surface area contributed by atoms with Crippen LogP contribution in [0.4, 0.5) is 5.69 Å². The number of nitrogens with two attached hydrogens (primary N) is 1. The van der Waals surface area contributed by atoms with Gasteiger partial charge in [0, 0.05) is 19.3 Å². The van der Waals surface area contributed by atoms with Gasteiger partial charge < -0.3 is 10.5 Å². The van der Waals surface area contributed by atoms with Crippen LogP contribution in [0, 0.1) is 12.8 Å². The third kappa shape index (κ3) is 2.76. The molecule has 2 rings (SSSR count). The van der Waals surface area contributed by atoms with E-state index < -0.39 is 10.0 Å². The summed E-state index contributed by atoms with van der Waals surface area (Å²) in [5.74, 6) is 0.820. The Morgan fingerprint density at radius 1 is 1.40 bits per heavy atom. The summed E-state index contributed by atoms with van der Waals surface area (Å²) in [5.41, 5.74) is 7.11. The second kappa shape index (κ2) is 5.61. The molecular formula is C14H22N2O3S. The Balaban J connectivity index is 2.34. The zero-order chi connectivity index (χ0) is 14.9. The minimum absolute atomic E-state index is 0.143. The van der Waals surface area contributed by atoms with Crippen molar-refractivity contribution in [3.05, 3.63) is 17.7 Å².